The second-order valence-corrected chi connectivity index (χ2v) is 5.77. The standard InChI is InChI=1S/C14H24N4O/c1-2-18-8-4-6-12(10-18)14-16-13(17-19-14)11-5-3-7-15-9-11/h11-12,15H,2-10H2,1H3. The van der Waals surface area contributed by atoms with Gasteiger partial charge in [0.2, 0.25) is 5.89 Å². The molecular weight excluding hydrogens is 240 g/mol. The number of rotatable bonds is 3. The number of nitrogens with one attached hydrogen (secondary N) is 1. The largest absolute Gasteiger partial charge is 0.339 e. The molecule has 1 aromatic heterocycles. The topological polar surface area (TPSA) is 54.2 Å². The zero-order valence-corrected chi connectivity index (χ0v) is 11.8. The van der Waals surface area contributed by atoms with Crippen molar-refractivity contribution in [1.29, 1.82) is 0 Å². The number of hydrogen-bond acceptors (Lipinski definition) is 5. The van der Waals surface area contributed by atoms with Crippen LogP contribution >= 0.6 is 0 Å². The molecule has 0 spiro atoms. The zero-order valence-electron chi connectivity index (χ0n) is 11.8. The fourth-order valence-electron chi connectivity index (χ4n) is 3.20. The van der Waals surface area contributed by atoms with Gasteiger partial charge in [0.25, 0.3) is 0 Å². The van der Waals surface area contributed by atoms with Crippen molar-refractivity contribution < 1.29 is 4.52 Å². The average Bonchev–Trinajstić information content (AvgIpc) is 2.98. The van der Waals surface area contributed by atoms with Crippen LogP contribution in [-0.4, -0.2) is 47.8 Å². The highest BCUT2D eigenvalue weighted by atomic mass is 16.5. The molecule has 2 atom stereocenters. The van der Waals surface area contributed by atoms with Gasteiger partial charge in [-0.3, -0.25) is 0 Å². The summed E-state index contributed by atoms with van der Waals surface area (Å²) in [4.78, 5) is 7.15. The lowest BCUT2D eigenvalue weighted by Crippen LogP contribution is -2.34. The summed E-state index contributed by atoms with van der Waals surface area (Å²) >= 11 is 0. The van der Waals surface area contributed by atoms with Gasteiger partial charge >= 0.3 is 0 Å². The Kier molecular flexibility index (Phi) is 4.13. The van der Waals surface area contributed by atoms with Crippen LogP contribution in [0.2, 0.25) is 0 Å². The first kappa shape index (κ1) is 13.1. The molecule has 2 fully saturated rings. The normalized spacial score (nSPS) is 29.5. The third-order valence-electron chi connectivity index (χ3n) is 4.42. The number of hydrogen-bond donors (Lipinski definition) is 1. The Labute approximate surface area is 114 Å². The zero-order chi connectivity index (χ0) is 13.1. The molecule has 106 valence electrons. The molecule has 0 amide bonds. The van der Waals surface area contributed by atoms with E-state index in [9.17, 15) is 0 Å². The van der Waals surface area contributed by atoms with Crippen LogP contribution in [-0.2, 0) is 0 Å². The number of likely N-dealkylation sites (N-methyl/N-ethyl adjacent to an activating group) is 1. The van der Waals surface area contributed by atoms with Crippen molar-refractivity contribution in [2.75, 3.05) is 32.7 Å². The van der Waals surface area contributed by atoms with Gasteiger partial charge in [-0.15, -0.1) is 0 Å². The van der Waals surface area contributed by atoms with E-state index < -0.39 is 0 Å². The Hall–Kier alpha value is -0.940. The SMILES string of the molecule is CCN1CCCC(c2nc(C3CCCNC3)no2)C1. The number of aromatic nitrogens is 2. The van der Waals surface area contributed by atoms with Crippen LogP contribution in [0.4, 0.5) is 0 Å². The predicted molar refractivity (Wildman–Crippen MR) is 73.2 cm³/mol. The lowest BCUT2D eigenvalue weighted by molar-refractivity contribution is 0.194. The van der Waals surface area contributed by atoms with Crippen molar-refractivity contribution in [1.82, 2.24) is 20.4 Å². The smallest absolute Gasteiger partial charge is 0.231 e. The average molecular weight is 264 g/mol. The van der Waals surface area contributed by atoms with E-state index in [0.717, 1.165) is 37.9 Å². The van der Waals surface area contributed by atoms with Crippen molar-refractivity contribution in [2.24, 2.45) is 0 Å². The van der Waals surface area contributed by atoms with Crippen molar-refractivity contribution in [3.05, 3.63) is 11.7 Å². The van der Waals surface area contributed by atoms with Gasteiger partial charge in [0.1, 0.15) is 0 Å². The van der Waals surface area contributed by atoms with Crippen LogP contribution in [0.3, 0.4) is 0 Å². The summed E-state index contributed by atoms with van der Waals surface area (Å²) in [5.41, 5.74) is 0. The highest BCUT2D eigenvalue weighted by molar-refractivity contribution is 5.02. The molecule has 1 aromatic rings. The van der Waals surface area contributed by atoms with E-state index in [2.05, 4.69) is 27.3 Å². The second-order valence-electron chi connectivity index (χ2n) is 5.77. The maximum absolute atomic E-state index is 5.53. The molecule has 0 saturated carbocycles. The molecule has 19 heavy (non-hydrogen) atoms. The maximum atomic E-state index is 5.53. The molecule has 2 aliphatic rings. The van der Waals surface area contributed by atoms with E-state index in [-0.39, 0.29) is 0 Å². The summed E-state index contributed by atoms with van der Waals surface area (Å²) in [5, 5.41) is 7.63. The van der Waals surface area contributed by atoms with E-state index in [1.807, 2.05) is 0 Å². The van der Waals surface area contributed by atoms with Crippen molar-refractivity contribution >= 4 is 0 Å². The highest BCUT2D eigenvalue weighted by Crippen LogP contribution is 2.27. The molecule has 0 aromatic carbocycles. The molecule has 3 heterocycles. The molecule has 0 bridgehead atoms. The lowest BCUT2D eigenvalue weighted by atomic mass is 9.97. The van der Waals surface area contributed by atoms with E-state index in [1.54, 1.807) is 0 Å². The summed E-state index contributed by atoms with van der Waals surface area (Å²) in [5.74, 6) is 2.65. The molecule has 1 N–H and O–H groups in total. The summed E-state index contributed by atoms with van der Waals surface area (Å²) in [6.07, 6.45) is 4.81. The van der Waals surface area contributed by atoms with E-state index >= 15 is 0 Å². The first-order chi connectivity index (χ1) is 9.36. The quantitative estimate of drug-likeness (QED) is 0.901. The van der Waals surface area contributed by atoms with Crippen LogP contribution < -0.4 is 5.32 Å². The van der Waals surface area contributed by atoms with Gasteiger partial charge in [-0.1, -0.05) is 12.1 Å². The molecule has 2 unspecified atom stereocenters. The summed E-state index contributed by atoms with van der Waals surface area (Å²) < 4.78 is 5.53. The minimum absolute atomic E-state index is 0.437. The van der Waals surface area contributed by atoms with Gasteiger partial charge in [-0.25, -0.2) is 0 Å². The van der Waals surface area contributed by atoms with E-state index in [0.29, 0.717) is 11.8 Å². The highest BCUT2D eigenvalue weighted by Gasteiger charge is 2.27. The molecule has 3 rings (SSSR count). The maximum Gasteiger partial charge on any atom is 0.231 e. The van der Waals surface area contributed by atoms with Crippen LogP contribution in [0, 0.1) is 0 Å². The first-order valence-electron chi connectivity index (χ1n) is 7.63. The van der Waals surface area contributed by atoms with Gasteiger partial charge in [-0.05, 0) is 45.3 Å². The van der Waals surface area contributed by atoms with Crippen LogP contribution in [0.15, 0.2) is 4.52 Å². The molecular formula is C14H24N4O. The lowest BCUT2D eigenvalue weighted by Gasteiger charge is -2.29. The van der Waals surface area contributed by atoms with Gasteiger partial charge in [-0.2, -0.15) is 4.98 Å². The first-order valence-corrected chi connectivity index (χ1v) is 7.63. The molecule has 0 aliphatic carbocycles. The van der Waals surface area contributed by atoms with Crippen molar-refractivity contribution in [2.45, 2.75) is 44.4 Å². The van der Waals surface area contributed by atoms with Crippen molar-refractivity contribution in [3.63, 3.8) is 0 Å². The summed E-state index contributed by atoms with van der Waals surface area (Å²) in [6.45, 7) is 7.72. The molecule has 2 saturated heterocycles. The fraction of sp³-hybridized carbons (Fsp3) is 0.857. The minimum Gasteiger partial charge on any atom is -0.339 e. The second kappa shape index (κ2) is 6.01. The molecule has 5 nitrogen and oxygen atoms in total. The Bertz CT molecular complexity index is 400. The third-order valence-corrected chi connectivity index (χ3v) is 4.42. The van der Waals surface area contributed by atoms with Gasteiger partial charge in [0, 0.05) is 19.0 Å². The van der Waals surface area contributed by atoms with Gasteiger partial charge in [0.15, 0.2) is 5.82 Å². The number of nitrogens with zero attached hydrogens (tertiary/aromatic N) is 3. The monoisotopic (exact) mass is 264 g/mol. The summed E-state index contributed by atoms with van der Waals surface area (Å²) in [7, 11) is 0. The number of likely N-dealkylation sites (tertiary alicyclic amines) is 1. The van der Waals surface area contributed by atoms with Crippen molar-refractivity contribution in [3.8, 4) is 0 Å². The third kappa shape index (κ3) is 2.98. The predicted octanol–water partition coefficient (Wildman–Crippen LogP) is 1.74. The molecule has 5 heteroatoms. The van der Waals surface area contributed by atoms with Gasteiger partial charge in [0.05, 0.1) is 5.92 Å². The van der Waals surface area contributed by atoms with Gasteiger partial charge < -0.3 is 14.7 Å². The Morgan fingerprint density at radius 2 is 2.21 bits per heavy atom. The molecule has 2 aliphatic heterocycles. The van der Waals surface area contributed by atoms with E-state index in [1.165, 1.54) is 32.2 Å². The fourth-order valence-corrected chi connectivity index (χ4v) is 3.20. The molecule has 0 radical (unpaired) electrons. The summed E-state index contributed by atoms with van der Waals surface area (Å²) in [6, 6.07) is 0. The Balaban J connectivity index is 1.66. The minimum atomic E-state index is 0.437. The Morgan fingerprint density at radius 1 is 1.32 bits per heavy atom. The van der Waals surface area contributed by atoms with Crippen LogP contribution in [0.25, 0.3) is 0 Å². The number of piperidine rings is 2. The van der Waals surface area contributed by atoms with E-state index in [4.69, 9.17) is 4.52 Å². The van der Waals surface area contributed by atoms with Crippen LogP contribution in [0.1, 0.15) is 56.2 Å². The Morgan fingerprint density at radius 3 is 3.00 bits per heavy atom. The van der Waals surface area contributed by atoms with Crippen LogP contribution in [0.5, 0.6) is 0 Å².